The fraction of sp³-hybridized carbons (Fsp3) is 0. The monoisotopic (exact) mass is 314 g/mol. The molecule has 98 valence electrons. The lowest BCUT2D eigenvalue weighted by Gasteiger charge is -2.11. The molecule has 2 aromatic rings. The predicted molar refractivity (Wildman–Crippen MR) is 79.0 cm³/mol. The van der Waals surface area contributed by atoms with Gasteiger partial charge in [-0.15, -0.1) is 0 Å². The van der Waals surface area contributed by atoms with E-state index >= 15 is 0 Å². The third kappa shape index (κ3) is 3.53. The minimum absolute atomic E-state index is 0.312. The number of para-hydroxylation sites is 1. The first kappa shape index (κ1) is 14.0. The first-order valence-corrected chi connectivity index (χ1v) is 6.47. The minimum Gasteiger partial charge on any atom is -0.295 e. The summed E-state index contributed by atoms with van der Waals surface area (Å²) >= 11 is 17.7. The smallest absolute Gasteiger partial charge is 0.269 e. The molecular weight excluding hydrogens is 307 g/mol. The van der Waals surface area contributed by atoms with Crippen LogP contribution in [0.25, 0.3) is 0 Å². The number of anilines is 1. The Hall–Kier alpha value is -1.42. The summed E-state index contributed by atoms with van der Waals surface area (Å²) in [5, 5.41) is 1.41. The topological polar surface area (TPSA) is 41.1 Å². The molecule has 0 aromatic heterocycles. The van der Waals surface area contributed by atoms with Gasteiger partial charge in [-0.1, -0.05) is 40.9 Å². The first-order chi connectivity index (χ1) is 9.08. The number of carbonyl (C=O) groups is 1. The summed E-state index contributed by atoms with van der Waals surface area (Å²) in [5.41, 5.74) is 6.14. The van der Waals surface area contributed by atoms with Crippen LogP contribution < -0.4 is 10.9 Å². The standard InChI is InChI=1S/C13H9Cl3N2O/c14-9-6-4-8(5-7-9)13(19)18-17-12-10(15)2-1-3-11(12)16/h1-7,17H,(H,18,19). The molecule has 6 heteroatoms. The van der Waals surface area contributed by atoms with Crippen LogP contribution in [0.1, 0.15) is 10.4 Å². The lowest BCUT2D eigenvalue weighted by atomic mass is 10.2. The van der Waals surface area contributed by atoms with E-state index in [1.165, 1.54) is 0 Å². The fourth-order valence-corrected chi connectivity index (χ4v) is 2.03. The van der Waals surface area contributed by atoms with Crippen LogP contribution in [-0.2, 0) is 0 Å². The molecule has 0 saturated heterocycles. The van der Waals surface area contributed by atoms with Gasteiger partial charge in [-0.3, -0.25) is 15.6 Å². The van der Waals surface area contributed by atoms with Crippen molar-refractivity contribution in [2.24, 2.45) is 0 Å². The quantitative estimate of drug-likeness (QED) is 0.824. The van der Waals surface area contributed by atoms with Gasteiger partial charge in [0.05, 0.1) is 15.7 Å². The van der Waals surface area contributed by atoms with Crippen molar-refractivity contribution >= 4 is 46.4 Å². The number of hydrogen-bond donors (Lipinski definition) is 2. The molecule has 0 unspecified atom stereocenters. The van der Waals surface area contributed by atoms with E-state index < -0.39 is 0 Å². The van der Waals surface area contributed by atoms with Gasteiger partial charge in [-0.2, -0.15) is 0 Å². The Bertz CT molecular complexity index is 579. The molecule has 0 saturated carbocycles. The maximum Gasteiger partial charge on any atom is 0.269 e. The van der Waals surface area contributed by atoms with E-state index in [4.69, 9.17) is 34.8 Å². The van der Waals surface area contributed by atoms with E-state index in [1.807, 2.05) is 0 Å². The molecule has 2 rings (SSSR count). The number of hydrazine groups is 1. The summed E-state index contributed by atoms with van der Waals surface area (Å²) in [6, 6.07) is 11.6. The summed E-state index contributed by atoms with van der Waals surface area (Å²) in [5.74, 6) is -0.312. The van der Waals surface area contributed by atoms with Crippen LogP contribution in [0.4, 0.5) is 5.69 Å². The normalized spacial score (nSPS) is 10.1. The van der Waals surface area contributed by atoms with Crippen molar-refractivity contribution in [1.82, 2.24) is 5.43 Å². The Morgan fingerprint density at radius 1 is 0.895 bits per heavy atom. The molecule has 0 spiro atoms. The largest absolute Gasteiger partial charge is 0.295 e. The van der Waals surface area contributed by atoms with Gasteiger partial charge in [0.1, 0.15) is 0 Å². The number of carbonyl (C=O) groups excluding carboxylic acids is 1. The maximum absolute atomic E-state index is 11.8. The molecule has 0 heterocycles. The lowest BCUT2D eigenvalue weighted by Crippen LogP contribution is -2.29. The van der Waals surface area contributed by atoms with E-state index in [-0.39, 0.29) is 5.91 Å². The average Bonchev–Trinajstić information content (AvgIpc) is 2.38. The molecule has 0 atom stereocenters. The highest BCUT2D eigenvalue weighted by atomic mass is 35.5. The molecule has 0 aliphatic rings. The Morgan fingerprint density at radius 3 is 2.05 bits per heavy atom. The summed E-state index contributed by atoms with van der Waals surface area (Å²) < 4.78 is 0. The number of rotatable bonds is 3. The van der Waals surface area contributed by atoms with Crippen molar-refractivity contribution in [2.75, 3.05) is 5.43 Å². The molecule has 0 fully saturated rings. The van der Waals surface area contributed by atoms with Gasteiger partial charge in [0.15, 0.2) is 0 Å². The van der Waals surface area contributed by atoms with E-state index in [0.717, 1.165) is 0 Å². The second-order valence-electron chi connectivity index (χ2n) is 3.68. The van der Waals surface area contributed by atoms with E-state index in [2.05, 4.69) is 10.9 Å². The molecule has 2 aromatic carbocycles. The first-order valence-electron chi connectivity index (χ1n) is 5.34. The molecule has 19 heavy (non-hydrogen) atoms. The molecule has 0 aliphatic carbocycles. The van der Waals surface area contributed by atoms with Crippen molar-refractivity contribution in [2.45, 2.75) is 0 Å². The average molecular weight is 316 g/mol. The van der Waals surface area contributed by atoms with Crippen LogP contribution in [0.5, 0.6) is 0 Å². The number of hydrogen-bond acceptors (Lipinski definition) is 2. The summed E-state index contributed by atoms with van der Waals surface area (Å²) in [6.45, 7) is 0. The molecule has 2 N–H and O–H groups in total. The van der Waals surface area contributed by atoms with Crippen LogP contribution in [0.2, 0.25) is 15.1 Å². The molecule has 1 amide bonds. The van der Waals surface area contributed by atoms with Gasteiger partial charge in [0, 0.05) is 10.6 Å². The van der Waals surface area contributed by atoms with Crippen molar-refractivity contribution < 1.29 is 4.79 Å². The van der Waals surface area contributed by atoms with Crippen molar-refractivity contribution in [3.63, 3.8) is 0 Å². The molecule has 0 radical (unpaired) electrons. The van der Waals surface area contributed by atoms with Crippen LogP contribution in [0.3, 0.4) is 0 Å². The van der Waals surface area contributed by atoms with Crippen LogP contribution in [0, 0.1) is 0 Å². The van der Waals surface area contributed by atoms with Crippen molar-refractivity contribution in [1.29, 1.82) is 0 Å². The fourth-order valence-electron chi connectivity index (χ4n) is 1.41. The van der Waals surface area contributed by atoms with Crippen LogP contribution in [-0.4, -0.2) is 5.91 Å². The van der Waals surface area contributed by atoms with E-state index in [9.17, 15) is 4.79 Å². The zero-order valence-corrected chi connectivity index (χ0v) is 11.9. The van der Waals surface area contributed by atoms with E-state index in [0.29, 0.717) is 26.3 Å². The van der Waals surface area contributed by atoms with Gasteiger partial charge < -0.3 is 0 Å². The Balaban J connectivity index is 2.06. The highest BCUT2D eigenvalue weighted by Crippen LogP contribution is 2.28. The summed E-state index contributed by atoms with van der Waals surface area (Å²) in [6.07, 6.45) is 0. The van der Waals surface area contributed by atoms with Gasteiger partial charge in [0.25, 0.3) is 5.91 Å². The van der Waals surface area contributed by atoms with Crippen molar-refractivity contribution in [3.05, 3.63) is 63.1 Å². The van der Waals surface area contributed by atoms with Crippen molar-refractivity contribution in [3.8, 4) is 0 Å². The number of halogens is 3. The second kappa shape index (κ2) is 6.15. The number of amides is 1. The second-order valence-corrected chi connectivity index (χ2v) is 4.93. The Kier molecular flexibility index (Phi) is 4.53. The van der Waals surface area contributed by atoms with Gasteiger partial charge in [0.2, 0.25) is 0 Å². The minimum atomic E-state index is -0.312. The number of benzene rings is 2. The molecule has 3 nitrogen and oxygen atoms in total. The van der Waals surface area contributed by atoms with E-state index in [1.54, 1.807) is 42.5 Å². The van der Waals surface area contributed by atoms with Crippen LogP contribution >= 0.6 is 34.8 Å². The molecular formula is C13H9Cl3N2O. The Morgan fingerprint density at radius 2 is 1.47 bits per heavy atom. The summed E-state index contributed by atoms with van der Waals surface area (Å²) in [7, 11) is 0. The highest BCUT2D eigenvalue weighted by Gasteiger charge is 2.08. The summed E-state index contributed by atoms with van der Waals surface area (Å²) in [4.78, 5) is 11.8. The lowest BCUT2D eigenvalue weighted by molar-refractivity contribution is 0.0962. The zero-order valence-electron chi connectivity index (χ0n) is 9.58. The molecule has 0 aliphatic heterocycles. The van der Waals surface area contributed by atoms with Gasteiger partial charge in [-0.05, 0) is 36.4 Å². The zero-order chi connectivity index (χ0) is 13.8. The SMILES string of the molecule is O=C(NNc1c(Cl)cccc1Cl)c1ccc(Cl)cc1. The Labute approximate surface area is 125 Å². The number of nitrogens with one attached hydrogen (secondary N) is 2. The highest BCUT2D eigenvalue weighted by molar-refractivity contribution is 6.39. The van der Waals surface area contributed by atoms with Gasteiger partial charge in [-0.25, -0.2) is 0 Å². The van der Waals surface area contributed by atoms with Gasteiger partial charge >= 0.3 is 0 Å². The molecule has 0 bridgehead atoms. The third-order valence-corrected chi connectivity index (χ3v) is 3.25. The third-order valence-electron chi connectivity index (χ3n) is 2.37. The predicted octanol–water partition coefficient (Wildman–Crippen LogP) is 4.40. The van der Waals surface area contributed by atoms with Crippen LogP contribution in [0.15, 0.2) is 42.5 Å². The maximum atomic E-state index is 11.8.